The fourth-order valence-electron chi connectivity index (χ4n) is 3.22. The molecule has 0 aromatic carbocycles. The van der Waals surface area contributed by atoms with Crippen molar-refractivity contribution < 1.29 is 55.3 Å². The molecule has 0 bridgehead atoms. The summed E-state index contributed by atoms with van der Waals surface area (Å²) in [6, 6.07) is -3.66. The van der Waals surface area contributed by atoms with Crippen molar-refractivity contribution in [1.82, 2.24) is 9.21 Å². The first-order chi connectivity index (χ1) is 14.3. The average molecular weight is 470 g/mol. The molecule has 0 aliphatic carbocycles. The molecule has 2 aliphatic rings. The number of halogens is 3. The lowest BCUT2D eigenvalue weighted by Crippen LogP contribution is -2.74. The van der Waals surface area contributed by atoms with Crippen LogP contribution >= 0.6 is 0 Å². The molecule has 2 atom stereocenters. The number of β-lactam (4-membered cyclic amide) rings is 1. The highest BCUT2D eigenvalue weighted by atomic mass is 32.2. The standard InChI is InChI=1S/C16H17F3N2O9S/c1-3-7-30-15(26)21(31(27,28)16(17,18)19)11-9-6-5-8(14(25)29-4-2)10(13(23)24)20(9)12(11)22/h3,9,11H,1,4-7H2,2H3,(H,23,24)/t9-,11-/m0/s1. The molecule has 31 heavy (non-hydrogen) atoms. The molecule has 15 heteroatoms. The molecule has 0 spiro atoms. The number of sulfonamides is 1. The highest BCUT2D eigenvalue weighted by Crippen LogP contribution is 2.42. The van der Waals surface area contributed by atoms with Crippen LogP contribution in [0.15, 0.2) is 23.9 Å². The number of esters is 1. The number of carbonyl (C=O) groups is 4. The molecule has 0 radical (unpaired) electrons. The Morgan fingerprint density at radius 3 is 2.42 bits per heavy atom. The topological polar surface area (TPSA) is 148 Å². The van der Waals surface area contributed by atoms with Crippen molar-refractivity contribution in [2.45, 2.75) is 37.4 Å². The van der Waals surface area contributed by atoms with Crippen LogP contribution < -0.4 is 0 Å². The highest BCUT2D eigenvalue weighted by Gasteiger charge is 2.64. The van der Waals surface area contributed by atoms with E-state index in [1.54, 1.807) is 0 Å². The Morgan fingerprint density at radius 1 is 1.32 bits per heavy atom. The first-order valence-corrected chi connectivity index (χ1v) is 10.1. The van der Waals surface area contributed by atoms with E-state index in [4.69, 9.17) is 4.74 Å². The maximum atomic E-state index is 13.1. The molecule has 2 rings (SSSR count). The van der Waals surface area contributed by atoms with Gasteiger partial charge in [0.05, 0.1) is 18.2 Å². The van der Waals surface area contributed by atoms with Crippen molar-refractivity contribution in [3.63, 3.8) is 0 Å². The highest BCUT2D eigenvalue weighted by molar-refractivity contribution is 7.90. The number of carboxylic acid groups (broad SMARTS) is 1. The van der Waals surface area contributed by atoms with Crippen LogP contribution in [0, 0.1) is 0 Å². The Bertz CT molecular complexity index is 958. The summed E-state index contributed by atoms with van der Waals surface area (Å²) in [7, 11) is -6.37. The number of rotatable bonds is 7. The number of hydrogen-bond donors (Lipinski definition) is 1. The third-order valence-corrected chi connectivity index (χ3v) is 5.92. The molecule has 0 aromatic heterocycles. The van der Waals surface area contributed by atoms with Crippen LogP contribution in [0.5, 0.6) is 0 Å². The molecule has 172 valence electrons. The van der Waals surface area contributed by atoms with Gasteiger partial charge >= 0.3 is 33.6 Å². The second kappa shape index (κ2) is 8.56. The Labute approximate surface area is 173 Å². The summed E-state index contributed by atoms with van der Waals surface area (Å²) in [5.41, 5.74) is -7.20. The van der Waals surface area contributed by atoms with E-state index in [0.717, 1.165) is 6.08 Å². The minimum Gasteiger partial charge on any atom is -0.477 e. The molecular weight excluding hydrogens is 453 g/mol. The van der Waals surface area contributed by atoms with E-state index in [9.17, 15) is 45.9 Å². The fraction of sp³-hybridized carbons (Fsp3) is 0.500. The number of ether oxygens (including phenoxy) is 2. The van der Waals surface area contributed by atoms with Crippen molar-refractivity contribution in [2.24, 2.45) is 0 Å². The van der Waals surface area contributed by atoms with Crippen molar-refractivity contribution in [3.05, 3.63) is 23.9 Å². The van der Waals surface area contributed by atoms with Crippen LogP contribution in [-0.4, -0.2) is 77.5 Å². The quantitative estimate of drug-likeness (QED) is 0.323. The lowest BCUT2D eigenvalue weighted by molar-refractivity contribution is -0.158. The summed E-state index contributed by atoms with van der Waals surface area (Å²) in [5, 5.41) is 9.43. The average Bonchev–Trinajstić information content (AvgIpc) is 2.67. The lowest BCUT2D eigenvalue weighted by atomic mass is 9.83. The fourth-order valence-corrected chi connectivity index (χ4v) is 4.22. The molecule has 0 unspecified atom stereocenters. The van der Waals surface area contributed by atoms with Crippen molar-refractivity contribution in [3.8, 4) is 0 Å². The van der Waals surface area contributed by atoms with Crippen LogP contribution in [0.1, 0.15) is 19.8 Å². The number of hydrogen-bond acceptors (Lipinski definition) is 8. The smallest absolute Gasteiger partial charge is 0.477 e. The molecule has 0 aromatic rings. The molecule has 1 fully saturated rings. The third-order valence-electron chi connectivity index (χ3n) is 4.44. The Balaban J connectivity index is 2.51. The summed E-state index contributed by atoms with van der Waals surface area (Å²) in [6.45, 7) is 3.87. The Hall–Kier alpha value is -3.10. The lowest BCUT2D eigenvalue weighted by Gasteiger charge is -2.52. The van der Waals surface area contributed by atoms with Gasteiger partial charge in [-0.1, -0.05) is 12.7 Å². The van der Waals surface area contributed by atoms with E-state index in [2.05, 4.69) is 11.3 Å². The molecule has 2 aliphatic heterocycles. The van der Waals surface area contributed by atoms with Gasteiger partial charge in [0.15, 0.2) is 6.04 Å². The first-order valence-electron chi connectivity index (χ1n) is 8.66. The molecular formula is C16H17F3N2O9S. The van der Waals surface area contributed by atoms with Crippen molar-refractivity contribution in [2.75, 3.05) is 13.2 Å². The van der Waals surface area contributed by atoms with E-state index < -0.39 is 73.7 Å². The van der Waals surface area contributed by atoms with Gasteiger partial charge < -0.3 is 14.6 Å². The van der Waals surface area contributed by atoms with Gasteiger partial charge in [-0.05, 0) is 19.8 Å². The Kier molecular flexibility index (Phi) is 6.68. The summed E-state index contributed by atoms with van der Waals surface area (Å²) < 4.78 is 71.8. The van der Waals surface area contributed by atoms with Gasteiger partial charge in [-0.2, -0.15) is 25.9 Å². The maximum absolute atomic E-state index is 13.1. The molecule has 2 amide bonds. The number of fused-ring (bicyclic) bond motifs is 1. The predicted octanol–water partition coefficient (Wildman–Crippen LogP) is 0.736. The molecule has 0 saturated carbocycles. The van der Waals surface area contributed by atoms with Gasteiger partial charge in [0.2, 0.25) is 0 Å². The molecule has 11 nitrogen and oxygen atoms in total. The van der Waals surface area contributed by atoms with Crippen LogP contribution in [0.4, 0.5) is 18.0 Å². The number of aliphatic carboxylic acids is 1. The number of amides is 2. The number of carboxylic acids is 1. The van der Waals surface area contributed by atoms with Gasteiger partial charge in [-0.3, -0.25) is 9.69 Å². The number of alkyl halides is 3. The minimum atomic E-state index is -6.37. The summed E-state index contributed by atoms with van der Waals surface area (Å²) in [4.78, 5) is 48.9. The van der Waals surface area contributed by atoms with Crippen LogP contribution in [0.2, 0.25) is 0 Å². The van der Waals surface area contributed by atoms with Crippen LogP contribution in [0.25, 0.3) is 0 Å². The molecule has 1 N–H and O–H groups in total. The van der Waals surface area contributed by atoms with Crippen molar-refractivity contribution >= 4 is 34.0 Å². The predicted molar refractivity (Wildman–Crippen MR) is 93.3 cm³/mol. The normalized spacial score (nSPS) is 21.0. The van der Waals surface area contributed by atoms with E-state index in [0.29, 0.717) is 4.90 Å². The van der Waals surface area contributed by atoms with Crippen molar-refractivity contribution in [1.29, 1.82) is 0 Å². The molecule has 1 saturated heterocycles. The summed E-state index contributed by atoms with van der Waals surface area (Å²) in [5.74, 6) is -4.23. The second-order valence-electron chi connectivity index (χ2n) is 6.22. The second-order valence-corrected chi connectivity index (χ2v) is 8.03. The maximum Gasteiger partial charge on any atom is 0.516 e. The summed E-state index contributed by atoms with van der Waals surface area (Å²) in [6.07, 6.45) is -1.66. The Morgan fingerprint density at radius 2 is 1.94 bits per heavy atom. The largest absolute Gasteiger partial charge is 0.516 e. The first kappa shape index (κ1) is 24.2. The van der Waals surface area contributed by atoms with Gasteiger partial charge in [-0.25, -0.2) is 14.4 Å². The van der Waals surface area contributed by atoms with Gasteiger partial charge in [0, 0.05) is 0 Å². The van der Waals surface area contributed by atoms with Gasteiger partial charge in [-0.15, -0.1) is 0 Å². The van der Waals surface area contributed by atoms with Crippen LogP contribution in [0.3, 0.4) is 0 Å². The van der Waals surface area contributed by atoms with E-state index in [1.165, 1.54) is 6.92 Å². The minimum absolute atomic E-state index is 0.109. The zero-order valence-corrected chi connectivity index (χ0v) is 16.7. The van der Waals surface area contributed by atoms with E-state index in [-0.39, 0.29) is 19.4 Å². The zero-order valence-electron chi connectivity index (χ0n) is 15.9. The third kappa shape index (κ3) is 4.08. The zero-order chi connectivity index (χ0) is 23.7. The summed E-state index contributed by atoms with van der Waals surface area (Å²) >= 11 is 0. The number of carbonyl (C=O) groups excluding carboxylic acids is 3. The number of nitrogens with zero attached hydrogens (tertiary/aromatic N) is 2. The van der Waals surface area contributed by atoms with E-state index in [1.807, 2.05) is 0 Å². The molecule has 2 heterocycles. The van der Waals surface area contributed by atoms with Gasteiger partial charge in [0.25, 0.3) is 5.91 Å². The monoisotopic (exact) mass is 470 g/mol. The van der Waals surface area contributed by atoms with Gasteiger partial charge in [0.1, 0.15) is 12.3 Å². The van der Waals surface area contributed by atoms with E-state index >= 15 is 0 Å². The SMILES string of the molecule is C=CCOC(=O)N([C@@H]1C(=O)N2C(C(=O)O)=C(C(=O)OCC)CC[C@@H]12)S(=O)(=O)C(F)(F)F. The van der Waals surface area contributed by atoms with Crippen LogP contribution in [-0.2, 0) is 33.9 Å².